The fraction of sp³-hybridized carbons (Fsp3) is 0.238. The summed E-state index contributed by atoms with van der Waals surface area (Å²) in [4.78, 5) is 24.7. The maximum atomic E-state index is 12.8. The number of halogens is 1. The van der Waals surface area contributed by atoms with Crippen molar-refractivity contribution in [2.45, 2.75) is 19.4 Å². The van der Waals surface area contributed by atoms with Crippen molar-refractivity contribution in [2.24, 2.45) is 7.05 Å². The first-order valence-electron chi connectivity index (χ1n) is 8.91. The number of fused-ring (bicyclic) bond motifs is 2. The minimum atomic E-state index is -0.172. The molecular weight excluding hydrogens is 362 g/mol. The Labute approximate surface area is 162 Å². The molecule has 2 amide bonds. The summed E-state index contributed by atoms with van der Waals surface area (Å²) < 4.78 is 1.85. The number of hydrogen-bond donors (Lipinski definition) is 2. The number of amides is 2. The molecule has 0 fully saturated rings. The zero-order valence-electron chi connectivity index (χ0n) is 15.2. The van der Waals surface area contributed by atoms with Gasteiger partial charge in [0.25, 0.3) is 11.8 Å². The topological polar surface area (TPSA) is 63.1 Å². The van der Waals surface area contributed by atoms with Gasteiger partial charge < -0.3 is 15.2 Å². The van der Waals surface area contributed by atoms with E-state index < -0.39 is 0 Å². The molecular formula is C21H20ClN3O2. The van der Waals surface area contributed by atoms with Gasteiger partial charge in [-0.05, 0) is 48.7 Å². The monoisotopic (exact) mass is 381 g/mol. The highest BCUT2D eigenvalue weighted by atomic mass is 35.5. The maximum absolute atomic E-state index is 12.8. The number of benzene rings is 2. The van der Waals surface area contributed by atoms with Crippen molar-refractivity contribution in [1.82, 2.24) is 15.2 Å². The number of hydrogen-bond acceptors (Lipinski definition) is 2. The Morgan fingerprint density at radius 2 is 2.04 bits per heavy atom. The highest BCUT2D eigenvalue weighted by molar-refractivity contribution is 6.31. The number of aryl methyl sites for hydroxylation is 1. The van der Waals surface area contributed by atoms with E-state index in [0.29, 0.717) is 22.8 Å². The van der Waals surface area contributed by atoms with Crippen molar-refractivity contribution >= 4 is 34.3 Å². The summed E-state index contributed by atoms with van der Waals surface area (Å²) in [6, 6.07) is 13.0. The fourth-order valence-electron chi connectivity index (χ4n) is 3.59. The van der Waals surface area contributed by atoms with Crippen molar-refractivity contribution in [1.29, 1.82) is 0 Å². The van der Waals surface area contributed by atoms with Crippen molar-refractivity contribution in [3.05, 3.63) is 69.9 Å². The maximum Gasteiger partial charge on any atom is 0.268 e. The lowest BCUT2D eigenvalue weighted by molar-refractivity contribution is 0.0926. The zero-order chi connectivity index (χ0) is 19.1. The predicted molar refractivity (Wildman–Crippen MR) is 106 cm³/mol. The van der Waals surface area contributed by atoms with E-state index in [2.05, 4.69) is 10.6 Å². The molecule has 1 aromatic heterocycles. The van der Waals surface area contributed by atoms with Crippen LogP contribution in [0.15, 0.2) is 42.5 Å². The summed E-state index contributed by atoms with van der Waals surface area (Å²) in [6.45, 7) is 2.59. The Morgan fingerprint density at radius 3 is 2.85 bits per heavy atom. The van der Waals surface area contributed by atoms with Gasteiger partial charge in [0.15, 0.2) is 0 Å². The molecule has 0 spiro atoms. The predicted octanol–water partition coefficient (Wildman–Crippen LogP) is 3.61. The summed E-state index contributed by atoms with van der Waals surface area (Å²) in [6.07, 6.45) is 0.805. The first-order chi connectivity index (χ1) is 12.9. The minimum absolute atomic E-state index is 0.0337. The summed E-state index contributed by atoms with van der Waals surface area (Å²) >= 11 is 6.07. The molecule has 2 N–H and O–H groups in total. The second kappa shape index (κ2) is 6.74. The van der Waals surface area contributed by atoms with Gasteiger partial charge in [0.2, 0.25) is 0 Å². The lowest BCUT2D eigenvalue weighted by Gasteiger charge is -2.20. The van der Waals surface area contributed by atoms with Gasteiger partial charge in [0, 0.05) is 35.1 Å². The van der Waals surface area contributed by atoms with Crippen molar-refractivity contribution < 1.29 is 9.59 Å². The van der Waals surface area contributed by atoms with Gasteiger partial charge in [-0.1, -0.05) is 29.8 Å². The zero-order valence-corrected chi connectivity index (χ0v) is 15.9. The molecule has 1 aliphatic heterocycles. The Bertz CT molecular complexity index is 1070. The summed E-state index contributed by atoms with van der Waals surface area (Å²) in [7, 11) is 1.86. The minimum Gasteiger partial charge on any atom is -0.352 e. The largest absolute Gasteiger partial charge is 0.352 e. The van der Waals surface area contributed by atoms with Crippen molar-refractivity contribution in [3.63, 3.8) is 0 Å². The van der Waals surface area contributed by atoms with Gasteiger partial charge >= 0.3 is 0 Å². The molecule has 0 saturated heterocycles. The second-order valence-electron chi connectivity index (χ2n) is 6.91. The number of nitrogens with zero attached hydrogens (tertiary/aromatic N) is 1. The van der Waals surface area contributed by atoms with E-state index in [9.17, 15) is 9.59 Å². The van der Waals surface area contributed by atoms with Crippen LogP contribution in [0.5, 0.6) is 0 Å². The summed E-state index contributed by atoms with van der Waals surface area (Å²) in [5.74, 6) is -0.179. The normalized spacial score (nSPS) is 14.6. The first-order valence-corrected chi connectivity index (χ1v) is 9.28. The molecule has 5 nitrogen and oxygen atoms in total. The molecule has 3 aromatic rings. The smallest absolute Gasteiger partial charge is 0.268 e. The highest BCUT2D eigenvalue weighted by Gasteiger charge is 2.20. The van der Waals surface area contributed by atoms with Crippen LogP contribution in [-0.4, -0.2) is 22.9 Å². The van der Waals surface area contributed by atoms with Gasteiger partial charge in [-0.25, -0.2) is 0 Å². The quantitative estimate of drug-likeness (QED) is 0.728. The number of carbonyl (C=O) groups excluding carboxylic acids is 2. The van der Waals surface area contributed by atoms with Crippen LogP contribution in [0.25, 0.3) is 10.9 Å². The van der Waals surface area contributed by atoms with Gasteiger partial charge in [-0.3, -0.25) is 9.59 Å². The number of carbonyl (C=O) groups is 2. The molecule has 1 aliphatic rings. The van der Waals surface area contributed by atoms with Crippen LogP contribution >= 0.6 is 11.6 Å². The van der Waals surface area contributed by atoms with Crippen molar-refractivity contribution in [2.75, 3.05) is 6.54 Å². The third-order valence-electron chi connectivity index (χ3n) is 5.14. The van der Waals surface area contributed by atoms with Crippen LogP contribution in [-0.2, 0) is 13.5 Å². The second-order valence-corrected chi connectivity index (χ2v) is 7.35. The van der Waals surface area contributed by atoms with E-state index in [1.165, 1.54) is 0 Å². The molecule has 4 rings (SSSR count). The fourth-order valence-corrected chi connectivity index (χ4v) is 3.76. The first kappa shape index (κ1) is 17.6. The molecule has 0 bridgehead atoms. The molecule has 2 aromatic carbocycles. The average Bonchev–Trinajstić information content (AvgIpc) is 2.98. The lowest BCUT2D eigenvalue weighted by atomic mass is 9.95. The van der Waals surface area contributed by atoms with E-state index in [4.69, 9.17) is 11.6 Å². The Kier molecular flexibility index (Phi) is 4.40. The van der Waals surface area contributed by atoms with E-state index in [1.54, 1.807) is 0 Å². The summed E-state index contributed by atoms with van der Waals surface area (Å²) in [5.41, 5.74) is 4.22. The number of aromatic nitrogens is 1. The molecule has 0 saturated carbocycles. The average molecular weight is 382 g/mol. The molecule has 0 aliphatic carbocycles. The highest BCUT2D eigenvalue weighted by Crippen LogP contribution is 2.24. The Morgan fingerprint density at radius 1 is 1.22 bits per heavy atom. The van der Waals surface area contributed by atoms with E-state index >= 15 is 0 Å². The van der Waals surface area contributed by atoms with Gasteiger partial charge in [0.1, 0.15) is 5.69 Å². The van der Waals surface area contributed by atoms with Crippen molar-refractivity contribution in [3.8, 4) is 0 Å². The van der Waals surface area contributed by atoms with Gasteiger partial charge in [-0.15, -0.1) is 0 Å². The Hall–Kier alpha value is -2.79. The molecule has 0 radical (unpaired) electrons. The summed E-state index contributed by atoms with van der Waals surface area (Å²) in [5, 5.41) is 7.51. The third kappa shape index (κ3) is 3.19. The van der Waals surface area contributed by atoms with Crippen LogP contribution in [0, 0.1) is 0 Å². The van der Waals surface area contributed by atoms with Crippen LogP contribution in [0.1, 0.15) is 44.9 Å². The third-order valence-corrected chi connectivity index (χ3v) is 5.38. The molecule has 27 heavy (non-hydrogen) atoms. The molecule has 1 atom stereocenters. The van der Waals surface area contributed by atoms with E-state index in [1.807, 2.05) is 61.0 Å². The number of rotatable bonds is 3. The molecule has 1 unspecified atom stereocenters. The SMILES string of the molecule is CC(NC(=O)c1cc2ccc(Cl)cc2n1C)c1ccc2c(c1)CCNC2=O. The molecule has 2 heterocycles. The number of nitrogens with one attached hydrogen (secondary N) is 2. The van der Waals surface area contributed by atoms with Crippen LogP contribution in [0.2, 0.25) is 5.02 Å². The molecule has 138 valence electrons. The lowest BCUT2D eigenvalue weighted by Crippen LogP contribution is -2.32. The van der Waals surface area contributed by atoms with Gasteiger partial charge in [0.05, 0.1) is 6.04 Å². The van der Waals surface area contributed by atoms with E-state index in [0.717, 1.165) is 28.5 Å². The molecule has 6 heteroatoms. The Balaban J connectivity index is 1.58. The van der Waals surface area contributed by atoms with E-state index in [-0.39, 0.29) is 17.9 Å². The standard InChI is InChI=1S/C21H20ClN3O2/c1-12(13-4-6-17-14(9-13)7-8-23-20(17)26)24-21(27)19-10-15-3-5-16(22)11-18(15)25(19)2/h3-6,9-12H,7-8H2,1-2H3,(H,23,26)(H,24,27). The van der Waals surface area contributed by atoms with Crippen LogP contribution in [0.3, 0.4) is 0 Å². The van der Waals surface area contributed by atoms with Crippen LogP contribution in [0.4, 0.5) is 0 Å². The van der Waals surface area contributed by atoms with Crippen LogP contribution < -0.4 is 10.6 Å². The van der Waals surface area contributed by atoms with Gasteiger partial charge in [-0.2, -0.15) is 0 Å².